The predicted molar refractivity (Wildman–Crippen MR) is 138 cm³/mol. The number of nitrogens with zero attached hydrogens (tertiary/aromatic N) is 4. The molecule has 2 atom stereocenters. The minimum atomic E-state index is -2.66. The van der Waals surface area contributed by atoms with E-state index >= 15 is 0 Å². The van der Waals surface area contributed by atoms with Gasteiger partial charge in [-0.05, 0) is 43.2 Å². The number of aromatic nitrogens is 3. The second-order valence-electron chi connectivity index (χ2n) is 8.29. The van der Waals surface area contributed by atoms with Gasteiger partial charge in [0.1, 0.15) is 0 Å². The van der Waals surface area contributed by atoms with Gasteiger partial charge in [-0.3, -0.25) is 14.6 Å². The van der Waals surface area contributed by atoms with Gasteiger partial charge in [-0.25, -0.2) is 15.8 Å². The van der Waals surface area contributed by atoms with Gasteiger partial charge in [0.25, 0.3) is 0 Å². The third-order valence-corrected chi connectivity index (χ3v) is 7.42. The van der Waals surface area contributed by atoms with Crippen LogP contribution < -0.4 is 16.6 Å². The molecule has 2 aromatic carbocycles. The number of hydrogen-bond acceptors (Lipinski definition) is 8. The minimum Gasteiger partial charge on any atom is -0.381 e. The van der Waals surface area contributed by atoms with Crippen LogP contribution in [0.15, 0.2) is 67.0 Å². The second kappa shape index (κ2) is 9.89. The maximum Gasteiger partial charge on any atom is 0.204 e. The van der Waals surface area contributed by atoms with E-state index < -0.39 is 7.37 Å². The van der Waals surface area contributed by atoms with Crippen molar-refractivity contribution in [2.45, 2.75) is 26.1 Å². The van der Waals surface area contributed by atoms with E-state index in [0.717, 1.165) is 27.6 Å². The number of rotatable bonds is 8. The molecule has 4 N–H and O–H groups in total. The van der Waals surface area contributed by atoms with Gasteiger partial charge in [-0.2, -0.15) is 0 Å². The molecule has 0 radical (unpaired) electrons. The highest BCUT2D eigenvalue weighted by molar-refractivity contribution is 7.57. The summed E-state index contributed by atoms with van der Waals surface area (Å²) >= 11 is 0. The van der Waals surface area contributed by atoms with Crippen LogP contribution in [-0.2, 0) is 15.3 Å². The van der Waals surface area contributed by atoms with Crippen LogP contribution in [0.1, 0.15) is 31.0 Å². The molecule has 34 heavy (non-hydrogen) atoms. The maximum absolute atomic E-state index is 12.5. The quantitative estimate of drug-likeness (QED) is 0.203. The summed E-state index contributed by atoms with van der Waals surface area (Å²) in [6, 6.07) is 17.5. The summed E-state index contributed by atoms with van der Waals surface area (Å²) < 4.78 is 17.8. The molecule has 0 bridgehead atoms. The molecule has 0 fully saturated rings. The van der Waals surface area contributed by atoms with Gasteiger partial charge in [0.05, 0.1) is 30.1 Å². The van der Waals surface area contributed by atoms with Crippen LogP contribution in [0.4, 0.5) is 11.6 Å². The van der Waals surface area contributed by atoms with E-state index in [1.54, 1.807) is 19.1 Å². The topological polar surface area (TPSA) is 120 Å². The van der Waals surface area contributed by atoms with E-state index in [0.29, 0.717) is 24.3 Å². The summed E-state index contributed by atoms with van der Waals surface area (Å²) in [7, 11) is -2.66. The van der Waals surface area contributed by atoms with Crippen molar-refractivity contribution >= 4 is 29.9 Å². The third-order valence-electron chi connectivity index (χ3n) is 5.67. The number of nitrogens with two attached hydrogens (primary N) is 2. The Hall–Kier alpha value is -3.32. The molecule has 0 saturated heterocycles. The number of nitrogen functional groups attached to an aromatic ring is 1. The highest BCUT2D eigenvalue weighted by Gasteiger charge is 2.20. The summed E-state index contributed by atoms with van der Waals surface area (Å²) in [5, 5.41) is 2.57. The minimum absolute atomic E-state index is 0.198. The summed E-state index contributed by atoms with van der Waals surface area (Å²) in [5.74, 6) is 7.12. The lowest BCUT2D eigenvalue weighted by molar-refractivity contribution is 0.336. The fourth-order valence-corrected chi connectivity index (χ4v) is 5.36. The molecule has 0 amide bonds. The molecule has 0 spiro atoms. The summed E-state index contributed by atoms with van der Waals surface area (Å²) in [6.45, 7) is 5.92. The van der Waals surface area contributed by atoms with Crippen LogP contribution in [0, 0.1) is 0 Å². The van der Waals surface area contributed by atoms with Crippen molar-refractivity contribution in [1.29, 1.82) is 0 Å². The number of pyridine rings is 1. The standard InChI is InChI=1S/C25H29N6O2P/c1-4-33-34(3,32)16-18-7-9-19(10-8-18)23-15-29-24(26)25(30-23)31(27)17(2)20-11-12-22-21(14-20)6-5-13-28-22/h5-15,17H,4,16,27H2,1-3H3,(H2,26,29). The molecule has 2 aromatic heterocycles. The fraction of sp³-hybridized carbons (Fsp3) is 0.240. The second-order valence-corrected chi connectivity index (χ2v) is 10.9. The number of hydrogen-bond donors (Lipinski definition) is 2. The lowest BCUT2D eigenvalue weighted by Crippen LogP contribution is -2.35. The van der Waals surface area contributed by atoms with E-state index in [9.17, 15) is 4.57 Å². The normalized spacial score (nSPS) is 14.0. The van der Waals surface area contributed by atoms with Gasteiger partial charge in [-0.1, -0.05) is 36.4 Å². The van der Waals surface area contributed by atoms with Gasteiger partial charge in [0.2, 0.25) is 7.37 Å². The zero-order chi connectivity index (χ0) is 24.3. The van der Waals surface area contributed by atoms with Crippen molar-refractivity contribution in [1.82, 2.24) is 15.0 Å². The number of hydrazine groups is 1. The largest absolute Gasteiger partial charge is 0.381 e. The van der Waals surface area contributed by atoms with E-state index in [2.05, 4.69) is 16.0 Å². The Labute approximate surface area is 199 Å². The number of anilines is 2. The van der Waals surface area contributed by atoms with Crippen molar-refractivity contribution < 1.29 is 9.09 Å². The molecule has 4 aromatic rings. The maximum atomic E-state index is 12.5. The molecule has 0 aliphatic rings. The van der Waals surface area contributed by atoms with E-state index in [1.165, 1.54) is 5.01 Å². The molecule has 0 saturated carbocycles. The molecule has 2 heterocycles. The van der Waals surface area contributed by atoms with Crippen molar-refractivity contribution in [2.24, 2.45) is 5.84 Å². The Morgan fingerprint density at radius 1 is 1.12 bits per heavy atom. The van der Waals surface area contributed by atoms with Gasteiger partial charge in [0, 0.05) is 30.0 Å². The summed E-state index contributed by atoms with van der Waals surface area (Å²) in [6.07, 6.45) is 3.78. The van der Waals surface area contributed by atoms with Gasteiger partial charge >= 0.3 is 0 Å². The van der Waals surface area contributed by atoms with Crippen LogP contribution in [0.3, 0.4) is 0 Å². The molecule has 9 heteroatoms. The Balaban J connectivity index is 1.58. The highest BCUT2D eigenvalue weighted by Crippen LogP contribution is 2.46. The van der Waals surface area contributed by atoms with Crippen LogP contribution >= 0.6 is 7.37 Å². The van der Waals surface area contributed by atoms with Crippen LogP contribution in [0.2, 0.25) is 0 Å². The molecule has 0 aliphatic heterocycles. The smallest absolute Gasteiger partial charge is 0.204 e. The first kappa shape index (κ1) is 23.8. The first-order valence-corrected chi connectivity index (χ1v) is 13.3. The third kappa shape index (κ3) is 5.25. The molecular formula is C25H29N6O2P. The lowest BCUT2D eigenvalue weighted by Gasteiger charge is -2.26. The lowest BCUT2D eigenvalue weighted by atomic mass is 10.0. The Morgan fingerprint density at radius 3 is 2.62 bits per heavy atom. The Bertz CT molecular complexity index is 1350. The molecule has 8 nitrogen and oxygen atoms in total. The van der Waals surface area contributed by atoms with Crippen molar-refractivity contribution in [3.8, 4) is 11.3 Å². The average molecular weight is 477 g/mol. The Morgan fingerprint density at radius 2 is 1.88 bits per heavy atom. The van der Waals surface area contributed by atoms with Crippen molar-refractivity contribution in [2.75, 3.05) is 24.0 Å². The number of benzene rings is 2. The first-order chi connectivity index (χ1) is 16.3. The summed E-state index contributed by atoms with van der Waals surface area (Å²) in [5.41, 5.74) is 10.5. The van der Waals surface area contributed by atoms with Crippen LogP contribution in [-0.4, -0.2) is 28.2 Å². The molecular weight excluding hydrogens is 447 g/mol. The zero-order valence-electron chi connectivity index (χ0n) is 19.5. The van der Waals surface area contributed by atoms with Gasteiger partial charge < -0.3 is 10.3 Å². The molecule has 4 rings (SSSR count). The molecule has 0 aliphatic carbocycles. The first-order valence-electron chi connectivity index (χ1n) is 11.1. The average Bonchev–Trinajstić information content (AvgIpc) is 2.83. The highest BCUT2D eigenvalue weighted by atomic mass is 31.2. The molecule has 2 unspecified atom stereocenters. The van der Waals surface area contributed by atoms with Crippen LogP contribution in [0.25, 0.3) is 22.2 Å². The van der Waals surface area contributed by atoms with Crippen molar-refractivity contribution in [3.05, 3.63) is 78.1 Å². The SMILES string of the molecule is CCOP(C)(=O)Cc1ccc(-c2cnc(N)c(N(N)C(C)c3ccc4ncccc4c3)n2)cc1. The van der Waals surface area contributed by atoms with Crippen molar-refractivity contribution in [3.63, 3.8) is 0 Å². The number of fused-ring (bicyclic) bond motifs is 1. The predicted octanol–water partition coefficient (Wildman–Crippen LogP) is 5.16. The summed E-state index contributed by atoms with van der Waals surface area (Å²) in [4.78, 5) is 13.4. The molecule has 176 valence electrons. The zero-order valence-corrected chi connectivity index (χ0v) is 20.4. The fourth-order valence-electron chi connectivity index (χ4n) is 3.85. The van der Waals surface area contributed by atoms with Gasteiger partial charge in [-0.15, -0.1) is 0 Å². The van der Waals surface area contributed by atoms with E-state index in [1.807, 2.05) is 62.4 Å². The van der Waals surface area contributed by atoms with E-state index in [4.69, 9.17) is 21.1 Å². The van der Waals surface area contributed by atoms with Crippen LogP contribution in [0.5, 0.6) is 0 Å². The van der Waals surface area contributed by atoms with E-state index in [-0.39, 0.29) is 11.9 Å². The van der Waals surface area contributed by atoms with Gasteiger partial charge in [0.15, 0.2) is 11.6 Å². The monoisotopic (exact) mass is 476 g/mol. The Kier molecular flexibility index (Phi) is 6.93.